The molecule has 2 rings (SSSR count). The zero-order valence-corrected chi connectivity index (χ0v) is 13.4. The van der Waals surface area contributed by atoms with Crippen molar-refractivity contribution in [3.05, 3.63) is 71.3 Å². The molecule has 5 heteroatoms. The first-order valence-electron chi connectivity index (χ1n) is 7.42. The highest BCUT2D eigenvalue weighted by molar-refractivity contribution is 5.68. The Kier molecular flexibility index (Phi) is 6.42. The van der Waals surface area contributed by atoms with Crippen molar-refractivity contribution in [2.24, 2.45) is 0 Å². The predicted octanol–water partition coefficient (Wildman–Crippen LogP) is 3.51. The van der Waals surface area contributed by atoms with E-state index in [2.05, 4.69) is 11.4 Å². The molecule has 0 aromatic heterocycles. The van der Waals surface area contributed by atoms with Crippen LogP contribution in [0.2, 0.25) is 0 Å². The van der Waals surface area contributed by atoms with Crippen molar-refractivity contribution in [2.75, 3.05) is 13.7 Å². The maximum Gasteiger partial charge on any atom is 0.407 e. The van der Waals surface area contributed by atoms with Crippen LogP contribution in [0, 0.1) is 11.3 Å². The Hall–Kier alpha value is -3.26. The summed E-state index contributed by atoms with van der Waals surface area (Å²) in [5.41, 5.74) is 2.25. The summed E-state index contributed by atoms with van der Waals surface area (Å²) < 4.78 is 10.3. The maximum absolute atomic E-state index is 11.6. The van der Waals surface area contributed by atoms with Crippen molar-refractivity contribution >= 4 is 12.2 Å². The molecule has 0 saturated heterocycles. The van der Waals surface area contributed by atoms with Crippen LogP contribution in [0.25, 0.3) is 6.08 Å². The second-order valence-electron chi connectivity index (χ2n) is 4.91. The zero-order valence-electron chi connectivity index (χ0n) is 13.4. The zero-order chi connectivity index (χ0) is 17.2. The van der Waals surface area contributed by atoms with Crippen LogP contribution in [0.4, 0.5) is 4.79 Å². The summed E-state index contributed by atoms with van der Waals surface area (Å²) >= 11 is 0. The second kappa shape index (κ2) is 9.01. The monoisotopic (exact) mass is 322 g/mol. The van der Waals surface area contributed by atoms with E-state index in [1.807, 2.05) is 30.3 Å². The Morgan fingerprint density at radius 1 is 1.25 bits per heavy atom. The smallest absolute Gasteiger partial charge is 0.407 e. The lowest BCUT2D eigenvalue weighted by Gasteiger charge is -2.06. The van der Waals surface area contributed by atoms with E-state index in [4.69, 9.17) is 14.7 Å². The van der Waals surface area contributed by atoms with E-state index in [0.717, 1.165) is 11.1 Å². The van der Waals surface area contributed by atoms with Gasteiger partial charge in [0.1, 0.15) is 12.4 Å². The number of nitriles is 1. The SMILES string of the molecule is COc1ccc(C#N)cc1C=CCNC(=O)OCc1ccccc1. The van der Waals surface area contributed by atoms with Crippen molar-refractivity contribution in [1.29, 1.82) is 5.26 Å². The van der Waals surface area contributed by atoms with Gasteiger partial charge in [0.2, 0.25) is 0 Å². The summed E-state index contributed by atoms with van der Waals surface area (Å²) in [6.45, 7) is 0.544. The lowest BCUT2D eigenvalue weighted by Crippen LogP contribution is -2.24. The molecular weight excluding hydrogens is 304 g/mol. The van der Waals surface area contributed by atoms with Crippen LogP contribution >= 0.6 is 0 Å². The number of hydrogen-bond donors (Lipinski definition) is 1. The van der Waals surface area contributed by atoms with Crippen LogP contribution in [0.15, 0.2) is 54.6 Å². The Balaban J connectivity index is 1.82. The van der Waals surface area contributed by atoms with Crippen molar-refractivity contribution < 1.29 is 14.3 Å². The average Bonchev–Trinajstić information content (AvgIpc) is 2.64. The van der Waals surface area contributed by atoms with Gasteiger partial charge in [0, 0.05) is 12.1 Å². The Morgan fingerprint density at radius 2 is 2.04 bits per heavy atom. The minimum absolute atomic E-state index is 0.231. The number of nitrogens with one attached hydrogen (secondary N) is 1. The van der Waals surface area contributed by atoms with E-state index in [1.165, 1.54) is 0 Å². The summed E-state index contributed by atoms with van der Waals surface area (Å²) in [5, 5.41) is 11.6. The van der Waals surface area contributed by atoms with Crippen LogP contribution in [0.5, 0.6) is 5.75 Å². The number of alkyl carbamates (subject to hydrolysis) is 1. The van der Waals surface area contributed by atoms with Gasteiger partial charge in [-0.1, -0.05) is 42.5 Å². The fraction of sp³-hybridized carbons (Fsp3) is 0.158. The highest BCUT2D eigenvalue weighted by Crippen LogP contribution is 2.20. The van der Waals surface area contributed by atoms with Crippen molar-refractivity contribution in [2.45, 2.75) is 6.61 Å². The molecule has 0 aliphatic heterocycles. The normalized spacial score (nSPS) is 10.2. The fourth-order valence-electron chi connectivity index (χ4n) is 2.04. The number of carbonyl (C=O) groups is 1. The van der Waals surface area contributed by atoms with E-state index in [1.54, 1.807) is 37.5 Å². The third kappa shape index (κ3) is 5.18. The first-order valence-corrected chi connectivity index (χ1v) is 7.42. The standard InChI is InChI=1S/C19H18N2O3/c1-23-18-10-9-16(13-20)12-17(18)8-5-11-21-19(22)24-14-15-6-3-2-4-7-15/h2-10,12H,11,14H2,1H3,(H,21,22). The van der Waals surface area contributed by atoms with Gasteiger partial charge in [0.05, 0.1) is 18.7 Å². The molecule has 1 amide bonds. The first-order chi connectivity index (χ1) is 11.7. The molecule has 0 unspecified atom stereocenters. The number of hydrogen-bond acceptors (Lipinski definition) is 4. The van der Waals surface area contributed by atoms with E-state index < -0.39 is 6.09 Å². The van der Waals surface area contributed by atoms with Gasteiger partial charge < -0.3 is 14.8 Å². The third-order valence-electron chi connectivity index (χ3n) is 3.23. The van der Waals surface area contributed by atoms with Crippen molar-refractivity contribution in [3.63, 3.8) is 0 Å². The number of nitrogens with zero attached hydrogens (tertiary/aromatic N) is 1. The predicted molar refractivity (Wildman–Crippen MR) is 91.4 cm³/mol. The molecule has 0 spiro atoms. The number of carbonyl (C=O) groups excluding carboxylic acids is 1. The average molecular weight is 322 g/mol. The van der Waals surface area contributed by atoms with Crippen molar-refractivity contribution in [3.8, 4) is 11.8 Å². The van der Waals surface area contributed by atoms with E-state index in [-0.39, 0.29) is 6.61 Å². The van der Waals surface area contributed by atoms with Gasteiger partial charge in [-0.2, -0.15) is 5.26 Å². The van der Waals surface area contributed by atoms with E-state index >= 15 is 0 Å². The molecule has 0 fully saturated rings. The Labute approximate surface area is 141 Å². The molecule has 2 aromatic carbocycles. The number of methoxy groups -OCH3 is 1. The quantitative estimate of drug-likeness (QED) is 0.883. The molecule has 24 heavy (non-hydrogen) atoms. The molecular formula is C19H18N2O3. The topological polar surface area (TPSA) is 71.3 Å². The molecule has 1 N–H and O–H groups in total. The molecule has 0 radical (unpaired) electrons. The fourth-order valence-corrected chi connectivity index (χ4v) is 2.04. The summed E-state index contributed by atoms with van der Waals surface area (Å²) in [6.07, 6.45) is 3.07. The summed E-state index contributed by atoms with van der Waals surface area (Å²) in [6, 6.07) is 16.7. The van der Waals surface area contributed by atoms with Gasteiger partial charge in [0.25, 0.3) is 0 Å². The highest BCUT2D eigenvalue weighted by Gasteiger charge is 2.02. The molecule has 0 aliphatic carbocycles. The van der Waals surface area contributed by atoms with Gasteiger partial charge >= 0.3 is 6.09 Å². The summed E-state index contributed by atoms with van der Waals surface area (Å²) in [5.74, 6) is 0.664. The number of rotatable bonds is 6. The molecule has 0 saturated carbocycles. The molecule has 0 atom stereocenters. The lowest BCUT2D eigenvalue weighted by molar-refractivity contribution is 0.141. The molecule has 5 nitrogen and oxygen atoms in total. The van der Waals surface area contributed by atoms with E-state index in [9.17, 15) is 4.79 Å². The highest BCUT2D eigenvalue weighted by atomic mass is 16.5. The van der Waals surface area contributed by atoms with Gasteiger partial charge in [-0.05, 0) is 23.8 Å². The van der Waals surface area contributed by atoms with Gasteiger partial charge in [-0.15, -0.1) is 0 Å². The van der Waals surface area contributed by atoms with E-state index in [0.29, 0.717) is 17.9 Å². The number of amides is 1. The van der Waals surface area contributed by atoms with Crippen LogP contribution in [0.3, 0.4) is 0 Å². The lowest BCUT2D eigenvalue weighted by atomic mass is 10.1. The van der Waals surface area contributed by atoms with Crippen molar-refractivity contribution in [1.82, 2.24) is 5.32 Å². The minimum atomic E-state index is -0.485. The first kappa shape index (κ1) is 17.1. The van der Waals surface area contributed by atoms with Crippen LogP contribution in [-0.2, 0) is 11.3 Å². The Bertz CT molecular complexity index is 749. The van der Waals surface area contributed by atoms with Crippen LogP contribution in [-0.4, -0.2) is 19.7 Å². The molecule has 0 heterocycles. The molecule has 0 aliphatic rings. The summed E-state index contributed by atoms with van der Waals surface area (Å²) in [4.78, 5) is 11.6. The second-order valence-corrected chi connectivity index (χ2v) is 4.91. The molecule has 0 bridgehead atoms. The summed E-state index contributed by atoms with van der Waals surface area (Å²) in [7, 11) is 1.57. The van der Waals surface area contributed by atoms with Gasteiger partial charge in [0.15, 0.2) is 0 Å². The van der Waals surface area contributed by atoms with Gasteiger partial charge in [-0.25, -0.2) is 4.79 Å². The molecule has 2 aromatic rings. The number of benzene rings is 2. The minimum Gasteiger partial charge on any atom is -0.496 e. The Morgan fingerprint density at radius 3 is 2.75 bits per heavy atom. The van der Waals surface area contributed by atoms with Gasteiger partial charge in [-0.3, -0.25) is 0 Å². The van der Waals surface area contributed by atoms with Crippen LogP contribution < -0.4 is 10.1 Å². The number of ether oxygens (including phenoxy) is 2. The maximum atomic E-state index is 11.6. The molecule has 122 valence electrons. The third-order valence-corrected chi connectivity index (χ3v) is 3.23. The largest absolute Gasteiger partial charge is 0.496 e. The van der Waals surface area contributed by atoms with Crippen LogP contribution in [0.1, 0.15) is 16.7 Å².